The highest BCUT2D eigenvalue weighted by molar-refractivity contribution is 8.00. The number of carboxylic acid groups (broad SMARTS) is 1. The number of unbranched alkanes of at least 4 members (excludes halogenated alkanes) is 1. The predicted octanol–water partition coefficient (Wildman–Crippen LogP) is 2.65. The summed E-state index contributed by atoms with van der Waals surface area (Å²) < 4.78 is 5.75. The fraction of sp³-hybridized carbons (Fsp3) is 0.286. The summed E-state index contributed by atoms with van der Waals surface area (Å²) in [4.78, 5) is 38.4. The lowest BCUT2D eigenvalue weighted by Gasteiger charge is -2.19. The fourth-order valence-electron chi connectivity index (χ4n) is 2.93. The molecule has 0 unspecified atom stereocenters. The van der Waals surface area contributed by atoms with Gasteiger partial charge in [0.1, 0.15) is 5.75 Å². The molecule has 28 heavy (non-hydrogen) atoms. The van der Waals surface area contributed by atoms with E-state index < -0.39 is 11.2 Å². The molecular weight excluding hydrogens is 378 g/mol. The largest absolute Gasteiger partial charge is 0.545 e. The van der Waals surface area contributed by atoms with Crippen molar-refractivity contribution in [2.75, 3.05) is 11.5 Å². The highest BCUT2D eigenvalue weighted by atomic mass is 32.2. The van der Waals surface area contributed by atoms with Crippen molar-refractivity contribution in [1.82, 2.24) is 0 Å². The molecule has 0 spiro atoms. The number of nitrogens with zero attached hydrogens (tertiary/aromatic N) is 1. The standard InChI is InChI=1S/C21H21NO5S/c1-2-3-12-27-16-10-6-5-9-15(16)22-19(23)13-18(20(22)24)28-17-11-7-4-8-14(17)21(25)26/h4-11,18H,2-3,12-13H2,1H3,(H,25,26)/p-1/t18-/m0/s1. The third kappa shape index (κ3) is 4.20. The van der Waals surface area contributed by atoms with Crippen LogP contribution in [0.5, 0.6) is 5.75 Å². The number of carbonyl (C=O) groups excluding carboxylic acids is 3. The van der Waals surface area contributed by atoms with Gasteiger partial charge in [-0.15, -0.1) is 11.8 Å². The summed E-state index contributed by atoms with van der Waals surface area (Å²) in [6.45, 7) is 2.55. The summed E-state index contributed by atoms with van der Waals surface area (Å²) in [6.07, 6.45) is 1.84. The van der Waals surface area contributed by atoms with Crippen LogP contribution in [0.2, 0.25) is 0 Å². The monoisotopic (exact) mass is 398 g/mol. The molecule has 2 amide bonds. The third-order valence-corrected chi connectivity index (χ3v) is 5.61. The molecule has 1 saturated heterocycles. The average molecular weight is 398 g/mol. The number of imide groups is 1. The first-order valence-corrected chi connectivity index (χ1v) is 9.96. The molecule has 1 heterocycles. The maximum absolute atomic E-state index is 12.9. The van der Waals surface area contributed by atoms with Crippen LogP contribution in [-0.2, 0) is 9.59 Å². The van der Waals surface area contributed by atoms with Crippen molar-refractivity contribution < 1.29 is 24.2 Å². The fourth-order valence-corrected chi connectivity index (χ4v) is 4.11. The number of ether oxygens (including phenoxy) is 1. The summed E-state index contributed by atoms with van der Waals surface area (Å²) in [6, 6.07) is 13.3. The Kier molecular flexibility index (Phi) is 6.36. The van der Waals surface area contributed by atoms with E-state index in [1.165, 1.54) is 6.07 Å². The Labute approximate surface area is 167 Å². The minimum Gasteiger partial charge on any atom is -0.545 e. The van der Waals surface area contributed by atoms with Crippen molar-refractivity contribution in [2.45, 2.75) is 36.3 Å². The van der Waals surface area contributed by atoms with Gasteiger partial charge >= 0.3 is 0 Å². The quantitative estimate of drug-likeness (QED) is 0.502. The number of amides is 2. The highest BCUT2D eigenvalue weighted by Gasteiger charge is 2.41. The van der Waals surface area contributed by atoms with Gasteiger partial charge in [-0.3, -0.25) is 9.59 Å². The van der Waals surface area contributed by atoms with Crippen LogP contribution >= 0.6 is 11.8 Å². The smallest absolute Gasteiger partial charge is 0.247 e. The minimum absolute atomic E-state index is 0.00578. The Hall–Kier alpha value is -2.80. The van der Waals surface area contributed by atoms with Crippen LogP contribution in [0.1, 0.15) is 36.5 Å². The topological polar surface area (TPSA) is 86.7 Å². The zero-order chi connectivity index (χ0) is 20.1. The molecule has 2 aromatic rings. The SMILES string of the molecule is CCCCOc1ccccc1N1C(=O)C[C@H](Sc2ccccc2C(=O)[O-])C1=O. The number of hydrogen-bond donors (Lipinski definition) is 0. The number of carbonyl (C=O) groups is 3. The van der Waals surface area contributed by atoms with Crippen LogP contribution in [0.15, 0.2) is 53.4 Å². The first kappa shape index (κ1) is 19.9. The van der Waals surface area contributed by atoms with Gasteiger partial charge in [-0.25, -0.2) is 4.90 Å². The molecule has 1 aliphatic heterocycles. The lowest BCUT2D eigenvalue weighted by molar-refractivity contribution is -0.255. The normalized spacial score (nSPS) is 16.5. The molecule has 2 aromatic carbocycles. The number of para-hydroxylation sites is 2. The van der Waals surface area contributed by atoms with Gasteiger partial charge in [-0.2, -0.15) is 0 Å². The molecule has 0 aliphatic carbocycles. The number of rotatable bonds is 8. The average Bonchev–Trinajstić information content (AvgIpc) is 2.96. The second-order valence-corrected chi connectivity index (χ2v) is 7.58. The number of benzene rings is 2. The summed E-state index contributed by atoms with van der Waals surface area (Å²) in [7, 11) is 0. The van der Waals surface area contributed by atoms with Gasteiger partial charge in [-0.05, 0) is 24.6 Å². The maximum Gasteiger partial charge on any atom is 0.247 e. The van der Waals surface area contributed by atoms with Crippen LogP contribution in [0.25, 0.3) is 0 Å². The van der Waals surface area contributed by atoms with Crippen LogP contribution in [0.4, 0.5) is 5.69 Å². The summed E-state index contributed by atoms with van der Waals surface area (Å²) >= 11 is 1.07. The molecule has 1 atom stereocenters. The number of hydrogen-bond acceptors (Lipinski definition) is 6. The van der Waals surface area contributed by atoms with E-state index in [2.05, 4.69) is 6.92 Å². The zero-order valence-corrected chi connectivity index (χ0v) is 16.2. The van der Waals surface area contributed by atoms with E-state index in [0.717, 1.165) is 29.5 Å². The highest BCUT2D eigenvalue weighted by Crippen LogP contribution is 2.38. The van der Waals surface area contributed by atoms with Crippen LogP contribution < -0.4 is 14.7 Å². The Morgan fingerprint density at radius 3 is 2.64 bits per heavy atom. The molecule has 0 radical (unpaired) electrons. The lowest BCUT2D eigenvalue weighted by atomic mass is 10.2. The van der Waals surface area contributed by atoms with Gasteiger partial charge in [0, 0.05) is 16.9 Å². The molecule has 3 rings (SSSR count). The summed E-state index contributed by atoms with van der Waals surface area (Å²) in [5, 5.41) is 10.6. The molecule has 146 valence electrons. The van der Waals surface area contributed by atoms with Crippen LogP contribution in [0.3, 0.4) is 0 Å². The number of carboxylic acids is 1. The second kappa shape index (κ2) is 8.93. The number of thioether (sulfide) groups is 1. The van der Waals surface area contributed by atoms with Crippen molar-refractivity contribution in [3.8, 4) is 5.75 Å². The van der Waals surface area contributed by atoms with E-state index in [4.69, 9.17) is 4.74 Å². The lowest BCUT2D eigenvalue weighted by Crippen LogP contribution is -2.31. The van der Waals surface area contributed by atoms with Gasteiger partial charge in [0.2, 0.25) is 11.8 Å². The zero-order valence-electron chi connectivity index (χ0n) is 15.4. The molecule has 0 N–H and O–H groups in total. The van der Waals surface area contributed by atoms with E-state index in [1.54, 1.807) is 42.5 Å². The molecule has 7 heteroatoms. The van der Waals surface area contributed by atoms with Gasteiger partial charge in [0.05, 0.1) is 23.5 Å². The first-order valence-electron chi connectivity index (χ1n) is 9.08. The van der Waals surface area contributed by atoms with Crippen LogP contribution in [0, 0.1) is 0 Å². The third-order valence-electron chi connectivity index (χ3n) is 4.34. The van der Waals surface area contributed by atoms with Crippen molar-refractivity contribution in [3.05, 3.63) is 54.1 Å². The molecule has 6 nitrogen and oxygen atoms in total. The summed E-state index contributed by atoms with van der Waals surface area (Å²) in [5.74, 6) is -1.54. The van der Waals surface area contributed by atoms with Crippen LogP contribution in [-0.4, -0.2) is 29.6 Å². The van der Waals surface area contributed by atoms with E-state index in [1.807, 2.05) is 0 Å². The summed E-state index contributed by atoms with van der Waals surface area (Å²) in [5.41, 5.74) is 0.430. The van der Waals surface area contributed by atoms with Gasteiger partial charge in [0.15, 0.2) is 0 Å². The number of aromatic carboxylic acids is 1. The van der Waals surface area contributed by atoms with Gasteiger partial charge < -0.3 is 14.6 Å². The van der Waals surface area contributed by atoms with E-state index >= 15 is 0 Å². The minimum atomic E-state index is -1.31. The second-order valence-electron chi connectivity index (χ2n) is 6.33. The Morgan fingerprint density at radius 1 is 1.18 bits per heavy atom. The molecule has 0 bridgehead atoms. The van der Waals surface area contributed by atoms with E-state index in [9.17, 15) is 19.5 Å². The van der Waals surface area contributed by atoms with Gasteiger partial charge in [0.25, 0.3) is 0 Å². The van der Waals surface area contributed by atoms with Crippen molar-refractivity contribution in [2.24, 2.45) is 0 Å². The molecular formula is C21H20NO5S-. The Morgan fingerprint density at radius 2 is 1.89 bits per heavy atom. The van der Waals surface area contributed by atoms with Crippen molar-refractivity contribution in [1.29, 1.82) is 0 Å². The molecule has 1 fully saturated rings. The predicted molar refractivity (Wildman–Crippen MR) is 104 cm³/mol. The molecule has 0 saturated carbocycles. The number of anilines is 1. The Balaban J connectivity index is 1.83. The molecule has 0 aromatic heterocycles. The maximum atomic E-state index is 12.9. The van der Waals surface area contributed by atoms with Gasteiger partial charge in [-0.1, -0.05) is 43.7 Å². The van der Waals surface area contributed by atoms with Crippen molar-refractivity contribution in [3.63, 3.8) is 0 Å². The van der Waals surface area contributed by atoms with Crippen molar-refractivity contribution >= 4 is 35.2 Å². The Bertz CT molecular complexity index is 898. The van der Waals surface area contributed by atoms with E-state index in [0.29, 0.717) is 22.9 Å². The van der Waals surface area contributed by atoms with E-state index in [-0.39, 0.29) is 23.8 Å². The first-order chi connectivity index (χ1) is 13.5. The molecule has 1 aliphatic rings.